The molecule has 2 aliphatic rings. The normalized spacial score (nSPS) is 34.8. The molecule has 0 aromatic heterocycles. The number of alkyl halides is 1. The van der Waals surface area contributed by atoms with E-state index in [0.29, 0.717) is 12.2 Å². The van der Waals surface area contributed by atoms with Crippen molar-refractivity contribution in [3.05, 3.63) is 35.4 Å². The zero-order chi connectivity index (χ0) is 12.5. The Labute approximate surface area is 114 Å². The second kappa shape index (κ2) is 5.20. The summed E-state index contributed by atoms with van der Waals surface area (Å²) in [5.74, 6) is 0. The van der Waals surface area contributed by atoms with Crippen LogP contribution in [0, 0.1) is 0 Å². The molecular formula is C15H20ClNO. The molecule has 1 aromatic rings. The fourth-order valence-corrected chi connectivity index (χ4v) is 3.47. The third-order valence-corrected chi connectivity index (χ3v) is 4.46. The van der Waals surface area contributed by atoms with Gasteiger partial charge in [0.1, 0.15) is 0 Å². The van der Waals surface area contributed by atoms with E-state index in [1.165, 1.54) is 17.5 Å². The lowest BCUT2D eigenvalue weighted by atomic mass is 10.1. The molecule has 0 radical (unpaired) electrons. The first kappa shape index (κ1) is 12.5. The van der Waals surface area contributed by atoms with Crippen LogP contribution in [0.4, 0.5) is 0 Å². The van der Waals surface area contributed by atoms with Crippen molar-refractivity contribution in [1.29, 1.82) is 0 Å². The number of hydrogen-bond acceptors (Lipinski definition) is 2. The molecule has 1 aliphatic carbocycles. The molecule has 3 heteroatoms. The molecule has 1 heterocycles. The maximum Gasteiger partial charge on any atom is 0.0704 e. The Balaban J connectivity index is 1.63. The van der Waals surface area contributed by atoms with Crippen molar-refractivity contribution in [3.63, 3.8) is 0 Å². The van der Waals surface area contributed by atoms with Gasteiger partial charge in [0.25, 0.3) is 0 Å². The first-order valence-electron chi connectivity index (χ1n) is 6.85. The maximum atomic E-state index is 6.45. The van der Waals surface area contributed by atoms with Crippen LogP contribution >= 0.6 is 11.6 Å². The molecule has 0 bridgehead atoms. The Kier molecular flexibility index (Phi) is 3.60. The minimum absolute atomic E-state index is 0.168. The van der Waals surface area contributed by atoms with Crippen LogP contribution in [-0.4, -0.2) is 24.1 Å². The third-order valence-electron chi connectivity index (χ3n) is 4.05. The monoisotopic (exact) mass is 265 g/mol. The molecule has 18 heavy (non-hydrogen) atoms. The first-order valence-corrected chi connectivity index (χ1v) is 7.28. The standard InChI is InChI=1S/C15H20ClNO/c1-10-6-7-12(18-10)9-17-15-13-5-3-2-4-11(13)8-14(15)16/h2-5,10,12,14-15,17H,6-9H2,1H3. The van der Waals surface area contributed by atoms with Gasteiger partial charge in [-0.3, -0.25) is 0 Å². The molecule has 1 fully saturated rings. The maximum absolute atomic E-state index is 6.45. The second-order valence-corrected chi connectivity index (χ2v) is 6.01. The van der Waals surface area contributed by atoms with Crippen LogP contribution in [0.3, 0.4) is 0 Å². The molecule has 0 amide bonds. The smallest absolute Gasteiger partial charge is 0.0704 e. The van der Waals surface area contributed by atoms with Gasteiger partial charge in [-0.05, 0) is 37.3 Å². The molecule has 0 saturated carbocycles. The molecule has 2 nitrogen and oxygen atoms in total. The van der Waals surface area contributed by atoms with Gasteiger partial charge in [-0.25, -0.2) is 0 Å². The summed E-state index contributed by atoms with van der Waals surface area (Å²) in [5.41, 5.74) is 2.75. The van der Waals surface area contributed by atoms with Gasteiger partial charge in [0.2, 0.25) is 0 Å². The van der Waals surface area contributed by atoms with E-state index in [1.807, 2.05) is 0 Å². The van der Waals surface area contributed by atoms with Crippen molar-refractivity contribution >= 4 is 11.6 Å². The van der Waals surface area contributed by atoms with Gasteiger partial charge in [-0.1, -0.05) is 24.3 Å². The van der Waals surface area contributed by atoms with E-state index in [1.54, 1.807) is 0 Å². The summed E-state index contributed by atoms with van der Waals surface area (Å²) in [4.78, 5) is 0. The van der Waals surface area contributed by atoms with Crippen molar-refractivity contribution in [3.8, 4) is 0 Å². The SMILES string of the molecule is CC1CCC(CNC2c3ccccc3CC2Cl)O1. The molecule has 1 aliphatic heterocycles. The number of halogens is 1. The van der Waals surface area contributed by atoms with Crippen LogP contribution in [-0.2, 0) is 11.2 Å². The Hall–Kier alpha value is -0.570. The lowest BCUT2D eigenvalue weighted by Crippen LogP contribution is -2.33. The Morgan fingerprint density at radius 1 is 1.33 bits per heavy atom. The van der Waals surface area contributed by atoms with Crippen LogP contribution in [0.5, 0.6) is 0 Å². The zero-order valence-electron chi connectivity index (χ0n) is 10.7. The first-order chi connectivity index (χ1) is 8.74. The van der Waals surface area contributed by atoms with Crippen molar-refractivity contribution in [2.24, 2.45) is 0 Å². The molecule has 4 unspecified atom stereocenters. The minimum Gasteiger partial charge on any atom is -0.374 e. The lowest BCUT2D eigenvalue weighted by molar-refractivity contribution is 0.0544. The number of ether oxygens (including phenoxy) is 1. The fraction of sp³-hybridized carbons (Fsp3) is 0.600. The highest BCUT2D eigenvalue weighted by molar-refractivity contribution is 6.21. The van der Waals surface area contributed by atoms with E-state index < -0.39 is 0 Å². The lowest BCUT2D eigenvalue weighted by Gasteiger charge is -2.20. The van der Waals surface area contributed by atoms with E-state index in [9.17, 15) is 0 Å². The number of rotatable bonds is 3. The molecule has 4 atom stereocenters. The van der Waals surface area contributed by atoms with E-state index in [-0.39, 0.29) is 11.4 Å². The summed E-state index contributed by atoms with van der Waals surface area (Å²) in [6, 6.07) is 8.83. The highest BCUT2D eigenvalue weighted by Crippen LogP contribution is 2.34. The summed E-state index contributed by atoms with van der Waals surface area (Å²) in [5, 5.41) is 3.76. The Morgan fingerprint density at radius 3 is 2.94 bits per heavy atom. The van der Waals surface area contributed by atoms with Gasteiger partial charge in [-0.15, -0.1) is 11.6 Å². The summed E-state index contributed by atoms with van der Waals surface area (Å²) in [6.07, 6.45) is 4.08. The van der Waals surface area contributed by atoms with E-state index >= 15 is 0 Å². The highest BCUT2D eigenvalue weighted by atomic mass is 35.5. The van der Waals surface area contributed by atoms with Crippen molar-refractivity contribution < 1.29 is 4.74 Å². The molecule has 1 saturated heterocycles. The van der Waals surface area contributed by atoms with Crippen LogP contribution in [0.2, 0.25) is 0 Å². The second-order valence-electron chi connectivity index (χ2n) is 5.45. The largest absolute Gasteiger partial charge is 0.374 e. The number of nitrogens with one attached hydrogen (secondary N) is 1. The van der Waals surface area contributed by atoms with Crippen molar-refractivity contribution in [2.45, 2.75) is 49.8 Å². The number of fused-ring (bicyclic) bond motifs is 1. The minimum atomic E-state index is 0.168. The van der Waals surface area contributed by atoms with Gasteiger partial charge >= 0.3 is 0 Å². The summed E-state index contributed by atoms with van der Waals surface area (Å²) in [6.45, 7) is 3.06. The van der Waals surface area contributed by atoms with Crippen molar-refractivity contribution in [1.82, 2.24) is 5.32 Å². The summed E-state index contributed by atoms with van der Waals surface area (Å²) >= 11 is 6.45. The summed E-state index contributed by atoms with van der Waals surface area (Å²) in [7, 11) is 0. The Morgan fingerprint density at radius 2 is 2.17 bits per heavy atom. The van der Waals surface area contributed by atoms with Gasteiger partial charge in [-0.2, -0.15) is 0 Å². The van der Waals surface area contributed by atoms with Crippen LogP contribution < -0.4 is 5.32 Å². The van der Waals surface area contributed by atoms with E-state index in [0.717, 1.165) is 19.4 Å². The van der Waals surface area contributed by atoms with Crippen molar-refractivity contribution in [2.75, 3.05) is 6.54 Å². The predicted octanol–water partition coefficient (Wildman–Crippen LogP) is 3.05. The van der Waals surface area contributed by atoms with Crippen LogP contribution in [0.15, 0.2) is 24.3 Å². The van der Waals surface area contributed by atoms with Crippen LogP contribution in [0.25, 0.3) is 0 Å². The van der Waals surface area contributed by atoms with E-state index in [2.05, 4.69) is 36.5 Å². The zero-order valence-corrected chi connectivity index (χ0v) is 11.5. The molecule has 98 valence electrons. The number of hydrogen-bond donors (Lipinski definition) is 1. The summed E-state index contributed by atoms with van der Waals surface area (Å²) < 4.78 is 5.84. The molecular weight excluding hydrogens is 246 g/mol. The molecule has 3 rings (SSSR count). The number of benzene rings is 1. The molecule has 1 N–H and O–H groups in total. The van der Waals surface area contributed by atoms with Gasteiger partial charge in [0, 0.05) is 12.6 Å². The average molecular weight is 266 g/mol. The highest BCUT2D eigenvalue weighted by Gasteiger charge is 2.31. The Bertz CT molecular complexity index is 423. The van der Waals surface area contributed by atoms with Crippen LogP contribution in [0.1, 0.15) is 36.9 Å². The predicted molar refractivity (Wildman–Crippen MR) is 74.1 cm³/mol. The third kappa shape index (κ3) is 2.42. The fourth-order valence-electron chi connectivity index (χ4n) is 3.08. The molecule has 1 aromatic carbocycles. The quantitative estimate of drug-likeness (QED) is 0.849. The molecule has 0 spiro atoms. The van der Waals surface area contributed by atoms with Gasteiger partial charge in [0.05, 0.1) is 17.6 Å². The van der Waals surface area contributed by atoms with Gasteiger partial charge < -0.3 is 10.1 Å². The van der Waals surface area contributed by atoms with Gasteiger partial charge in [0.15, 0.2) is 0 Å². The average Bonchev–Trinajstić information content (AvgIpc) is 2.90. The van der Waals surface area contributed by atoms with E-state index in [4.69, 9.17) is 16.3 Å². The topological polar surface area (TPSA) is 21.3 Å².